The Bertz CT molecular complexity index is 482. The zero-order chi connectivity index (χ0) is 16.1. The van der Waals surface area contributed by atoms with E-state index in [2.05, 4.69) is 45.3 Å². The molecule has 1 aromatic carbocycles. The van der Waals surface area contributed by atoms with Crippen molar-refractivity contribution in [3.63, 3.8) is 0 Å². The van der Waals surface area contributed by atoms with Gasteiger partial charge in [-0.2, -0.15) is 0 Å². The molecule has 1 aromatic rings. The Labute approximate surface area is 140 Å². The van der Waals surface area contributed by atoms with Gasteiger partial charge < -0.3 is 15.0 Å². The molecule has 0 aliphatic carbocycles. The molecule has 2 fully saturated rings. The van der Waals surface area contributed by atoms with E-state index in [0.29, 0.717) is 6.04 Å². The molecule has 0 radical (unpaired) electrons. The van der Waals surface area contributed by atoms with Crippen LogP contribution >= 0.6 is 0 Å². The van der Waals surface area contributed by atoms with Crippen LogP contribution in [0, 0.1) is 0 Å². The molecule has 2 aliphatic heterocycles. The summed E-state index contributed by atoms with van der Waals surface area (Å²) in [6.07, 6.45) is 0. The molecule has 0 spiro atoms. The van der Waals surface area contributed by atoms with Crippen molar-refractivity contribution in [2.45, 2.75) is 6.04 Å². The van der Waals surface area contributed by atoms with Crippen LogP contribution in [-0.2, 0) is 0 Å². The summed E-state index contributed by atoms with van der Waals surface area (Å²) in [6, 6.07) is 9.08. The van der Waals surface area contributed by atoms with Gasteiger partial charge in [-0.3, -0.25) is 9.80 Å². The SMILES string of the molecule is COc1cccc(C(CN2CCNCC2)N2CCN(C)CC2)c1. The highest BCUT2D eigenvalue weighted by Gasteiger charge is 2.26. The molecule has 2 saturated heterocycles. The van der Waals surface area contributed by atoms with E-state index in [1.165, 1.54) is 5.56 Å². The summed E-state index contributed by atoms with van der Waals surface area (Å²) in [5, 5.41) is 3.45. The van der Waals surface area contributed by atoms with Gasteiger partial charge in [0.1, 0.15) is 5.75 Å². The fraction of sp³-hybridized carbons (Fsp3) is 0.667. The number of nitrogens with zero attached hydrogens (tertiary/aromatic N) is 3. The van der Waals surface area contributed by atoms with Gasteiger partial charge in [0.25, 0.3) is 0 Å². The number of hydrogen-bond acceptors (Lipinski definition) is 5. The molecule has 0 aromatic heterocycles. The highest BCUT2D eigenvalue weighted by atomic mass is 16.5. The summed E-state index contributed by atoms with van der Waals surface area (Å²) in [7, 11) is 3.97. The third kappa shape index (κ3) is 4.44. The lowest BCUT2D eigenvalue weighted by atomic mass is 10.0. The number of likely N-dealkylation sites (N-methyl/N-ethyl adjacent to an activating group) is 1. The molecule has 0 amide bonds. The van der Waals surface area contributed by atoms with Crippen molar-refractivity contribution in [3.05, 3.63) is 29.8 Å². The lowest BCUT2D eigenvalue weighted by Gasteiger charge is -2.41. The van der Waals surface area contributed by atoms with Crippen LogP contribution in [0.4, 0.5) is 0 Å². The summed E-state index contributed by atoms with van der Waals surface area (Å²) in [4.78, 5) is 7.67. The monoisotopic (exact) mass is 318 g/mol. The van der Waals surface area contributed by atoms with E-state index < -0.39 is 0 Å². The van der Waals surface area contributed by atoms with Gasteiger partial charge >= 0.3 is 0 Å². The van der Waals surface area contributed by atoms with Crippen LogP contribution in [0.15, 0.2) is 24.3 Å². The Morgan fingerprint density at radius 1 is 1.09 bits per heavy atom. The second-order valence-electron chi connectivity index (χ2n) is 6.68. The van der Waals surface area contributed by atoms with Gasteiger partial charge in [-0.05, 0) is 24.7 Å². The van der Waals surface area contributed by atoms with Gasteiger partial charge in [-0.1, -0.05) is 12.1 Å². The maximum Gasteiger partial charge on any atom is 0.119 e. The largest absolute Gasteiger partial charge is 0.497 e. The lowest BCUT2D eigenvalue weighted by Crippen LogP contribution is -2.51. The van der Waals surface area contributed by atoms with E-state index in [1.54, 1.807) is 7.11 Å². The summed E-state index contributed by atoms with van der Waals surface area (Å²) in [5.41, 5.74) is 1.38. The molecule has 0 saturated carbocycles. The first-order chi connectivity index (χ1) is 11.3. The third-order valence-corrected chi connectivity index (χ3v) is 5.10. The Kier molecular flexibility index (Phi) is 5.89. The van der Waals surface area contributed by atoms with E-state index >= 15 is 0 Å². The number of rotatable bonds is 5. The zero-order valence-corrected chi connectivity index (χ0v) is 14.5. The Hall–Kier alpha value is -1.14. The first-order valence-electron chi connectivity index (χ1n) is 8.76. The van der Waals surface area contributed by atoms with Crippen LogP contribution in [0.5, 0.6) is 5.75 Å². The minimum Gasteiger partial charge on any atom is -0.497 e. The zero-order valence-electron chi connectivity index (χ0n) is 14.5. The summed E-state index contributed by atoms with van der Waals surface area (Å²) in [6.45, 7) is 10.2. The Morgan fingerprint density at radius 2 is 1.83 bits per heavy atom. The van der Waals surface area contributed by atoms with Gasteiger partial charge in [-0.25, -0.2) is 0 Å². The first kappa shape index (κ1) is 16.7. The van der Waals surface area contributed by atoms with Gasteiger partial charge in [0.15, 0.2) is 0 Å². The minimum atomic E-state index is 0.455. The molecular weight excluding hydrogens is 288 g/mol. The third-order valence-electron chi connectivity index (χ3n) is 5.10. The van der Waals surface area contributed by atoms with Crippen LogP contribution in [0.3, 0.4) is 0 Å². The smallest absolute Gasteiger partial charge is 0.119 e. The van der Waals surface area contributed by atoms with Crippen molar-refractivity contribution in [1.29, 1.82) is 0 Å². The van der Waals surface area contributed by atoms with E-state index in [4.69, 9.17) is 4.74 Å². The molecule has 5 nitrogen and oxygen atoms in total. The number of nitrogens with one attached hydrogen (secondary N) is 1. The summed E-state index contributed by atoms with van der Waals surface area (Å²) in [5.74, 6) is 0.960. The number of hydrogen-bond donors (Lipinski definition) is 1. The number of ether oxygens (including phenoxy) is 1. The van der Waals surface area contributed by atoms with Gasteiger partial charge in [-0.15, -0.1) is 0 Å². The van der Waals surface area contributed by atoms with Crippen molar-refractivity contribution in [3.8, 4) is 5.75 Å². The summed E-state index contributed by atoms with van der Waals surface area (Å²) < 4.78 is 5.45. The molecular formula is C18H30N4O. The quantitative estimate of drug-likeness (QED) is 0.871. The Balaban J connectivity index is 1.76. The average Bonchev–Trinajstić information content (AvgIpc) is 2.61. The second-order valence-corrected chi connectivity index (χ2v) is 6.68. The van der Waals surface area contributed by atoms with Crippen molar-refractivity contribution in [2.75, 3.05) is 73.1 Å². The van der Waals surface area contributed by atoms with Gasteiger partial charge in [0.2, 0.25) is 0 Å². The standard InChI is InChI=1S/C18H30N4O/c1-20-10-12-22(13-11-20)18(15-21-8-6-19-7-9-21)16-4-3-5-17(14-16)23-2/h3-5,14,18-19H,6-13,15H2,1-2H3. The van der Waals surface area contributed by atoms with Crippen LogP contribution in [-0.4, -0.2) is 87.8 Å². The van der Waals surface area contributed by atoms with Crippen molar-refractivity contribution >= 4 is 0 Å². The average molecular weight is 318 g/mol. The van der Waals surface area contributed by atoms with Crippen LogP contribution in [0.1, 0.15) is 11.6 Å². The van der Waals surface area contributed by atoms with Crippen LogP contribution < -0.4 is 10.1 Å². The maximum absolute atomic E-state index is 5.45. The lowest BCUT2D eigenvalue weighted by molar-refractivity contribution is 0.0815. The molecule has 1 atom stereocenters. The van der Waals surface area contributed by atoms with Gasteiger partial charge in [0.05, 0.1) is 7.11 Å². The number of benzene rings is 1. The number of methoxy groups -OCH3 is 1. The van der Waals surface area contributed by atoms with Crippen molar-refractivity contribution in [2.24, 2.45) is 0 Å². The summed E-state index contributed by atoms with van der Waals surface area (Å²) >= 11 is 0. The fourth-order valence-corrected chi connectivity index (χ4v) is 3.55. The molecule has 1 unspecified atom stereocenters. The molecule has 2 heterocycles. The van der Waals surface area contributed by atoms with Crippen molar-refractivity contribution in [1.82, 2.24) is 20.0 Å². The molecule has 23 heavy (non-hydrogen) atoms. The van der Waals surface area contributed by atoms with E-state index in [9.17, 15) is 0 Å². The molecule has 128 valence electrons. The molecule has 2 aliphatic rings. The number of piperazine rings is 2. The highest BCUT2D eigenvalue weighted by molar-refractivity contribution is 5.31. The topological polar surface area (TPSA) is 31.0 Å². The predicted molar refractivity (Wildman–Crippen MR) is 94.1 cm³/mol. The molecule has 5 heteroatoms. The second kappa shape index (κ2) is 8.11. The molecule has 3 rings (SSSR count). The highest BCUT2D eigenvalue weighted by Crippen LogP contribution is 2.26. The van der Waals surface area contributed by atoms with Gasteiger partial charge in [0, 0.05) is 64.9 Å². The minimum absolute atomic E-state index is 0.455. The van der Waals surface area contributed by atoms with E-state index in [-0.39, 0.29) is 0 Å². The normalized spacial score (nSPS) is 22.9. The van der Waals surface area contributed by atoms with E-state index in [0.717, 1.165) is 64.7 Å². The first-order valence-corrected chi connectivity index (χ1v) is 8.76. The van der Waals surface area contributed by atoms with Crippen LogP contribution in [0.2, 0.25) is 0 Å². The fourth-order valence-electron chi connectivity index (χ4n) is 3.55. The van der Waals surface area contributed by atoms with E-state index in [1.807, 2.05) is 6.07 Å². The van der Waals surface area contributed by atoms with Crippen LogP contribution in [0.25, 0.3) is 0 Å². The predicted octanol–water partition coefficient (Wildman–Crippen LogP) is 0.889. The Morgan fingerprint density at radius 3 is 2.52 bits per heavy atom. The molecule has 1 N–H and O–H groups in total. The molecule has 0 bridgehead atoms. The maximum atomic E-state index is 5.45. The van der Waals surface area contributed by atoms with Crippen molar-refractivity contribution < 1.29 is 4.74 Å².